The zero-order valence-electron chi connectivity index (χ0n) is 17.9. The third-order valence-corrected chi connectivity index (χ3v) is 6.22. The first-order valence-corrected chi connectivity index (χ1v) is 11.8. The maximum absolute atomic E-state index is 13.0. The van der Waals surface area contributed by atoms with Crippen LogP contribution in [-0.2, 0) is 28.0 Å². The average Bonchev–Trinajstić information content (AvgIpc) is 2.78. The van der Waals surface area contributed by atoms with E-state index in [0.717, 1.165) is 21.7 Å². The average molecular weight is 457 g/mol. The molecule has 0 aliphatic heterocycles. The predicted molar refractivity (Wildman–Crippen MR) is 121 cm³/mol. The monoisotopic (exact) mass is 456 g/mol. The molecule has 0 bridgehead atoms. The van der Waals surface area contributed by atoms with Gasteiger partial charge in [0.15, 0.2) is 0 Å². The standard InChI is InChI=1S/C24H25FN2O4S/c1-27(32(2,29)30)23(20-6-4-3-5-7-20)24(28)26-16-18-10-14-22(15-11-18)31-17-19-8-12-21(25)13-9-19/h3-15,23H,16-17H2,1-2H3,(H,26,28)/t23-/m1/s1. The van der Waals surface area contributed by atoms with Crippen molar-refractivity contribution in [2.24, 2.45) is 0 Å². The van der Waals surface area contributed by atoms with Gasteiger partial charge in [0.25, 0.3) is 0 Å². The van der Waals surface area contributed by atoms with Crippen molar-refractivity contribution >= 4 is 15.9 Å². The molecule has 3 aromatic rings. The van der Waals surface area contributed by atoms with Crippen LogP contribution in [0.25, 0.3) is 0 Å². The molecule has 1 amide bonds. The molecule has 0 unspecified atom stereocenters. The van der Waals surface area contributed by atoms with E-state index in [-0.39, 0.29) is 12.4 Å². The maximum atomic E-state index is 13.0. The molecule has 0 spiro atoms. The second-order valence-corrected chi connectivity index (χ2v) is 9.41. The van der Waals surface area contributed by atoms with Crippen molar-refractivity contribution < 1.29 is 22.3 Å². The van der Waals surface area contributed by atoms with Crippen LogP contribution in [0, 0.1) is 5.82 Å². The number of hydrogen-bond donors (Lipinski definition) is 1. The third kappa shape index (κ3) is 6.38. The Balaban J connectivity index is 1.61. The number of nitrogens with one attached hydrogen (secondary N) is 1. The molecule has 0 fully saturated rings. The Hall–Kier alpha value is -3.23. The molecule has 1 N–H and O–H groups in total. The molecule has 0 saturated carbocycles. The number of carbonyl (C=O) groups is 1. The van der Waals surface area contributed by atoms with Crippen molar-refractivity contribution in [2.75, 3.05) is 13.3 Å². The highest BCUT2D eigenvalue weighted by atomic mass is 32.2. The number of sulfonamides is 1. The van der Waals surface area contributed by atoms with Gasteiger partial charge in [-0.25, -0.2) is 12.8 Å². The normalized spacial score (nSPS) is 12.4. The van der Waals surface area contributed by atoms with Crippen molar-refractivity contribution in [1.82, 2.24) is 9.62 Å². The molecule has 1 atom stereocenters. The number of carbonyl (C=O) groups excluding carboxylic acids is 1. The van der Waals surface area contributed by atoms with Crippen molar-refractivity contribution in [3.05, 3.63) is 101 Å². The van der Waals surface area contributed by atoms with Gasteiger partial charge in [-0.1, -0.05) is 54.6 Å². The molecule has 0 saturated heterocycles. The number of rotatable bonds is 9. The van der Waals surface area contributed by atoms with Gasteiger partial charge < -0.3 is 10.1 Å². The SMILES string of the molecule is CN([C@@H](C(=O)NCc1ccc(OCc2ccc(F)cc2)cc1)c1ccccc1)S(C)(=O)=O. The molecule has 0 radical (unpaired) electrons. The summed E-state index contributed by atoms with van der Waals surface area (Å²) in [5.74, 6) is -0.0680. The first-order valence-electron chi connectivity index (χ1n) is 9.96. The van der Waals surface area contributed by atoms with Gasteiger partial charge in [-0.3, -0.25) is 4.79 Å². The Morgan fingerprint density at radius 3 is 2.16 bits per heavy atom. The lowest BCUT2D eigenvalue weighted by Crippen LogP contribution is -2.41. The van der Waals surface area contributed by atoms with E-state index in [0.29, 0.717) is 17.9 Å². The van der Waals surface area contributed by atoms with Gasteiger partial charge in [0.1, 0.15) is 24.2 Å². The summed E-state index contributed by atoms with van der Waals surface area (Å²) in [4.78, 5) is 12.9. The zero-order valence-corrected chi connectivity index (χ0v) is 18.7. The van der Waals surface area contributed by atoms with Crippen LogP contribution in [0.2, 0.25) is 0 Å². The van der Waals surface area contributed by atoms with E-state index in [4.69, 9.17) is 4.74 Å². The van der Waals surface area contributed by atoms with E-state index < -0.39 is 22.0 Å². The fourth-order valence-corrected chi connectivity index (χ4v) is 3.69. The lowest BCUT2D eigenvalue weighted by Gasteiger charge is -2.25. The molecule has 0 heterocycles. The third-order valence-electron chi connectivity index (χ3n) is 4.96. The summed E-state index contributed by atoms with van der Waals surface area (Å²) in [5, 5.41) is 2.81. The van der Waals surface area contributed by atoms with E-state index in [9.17, 15) is 17.6 Å². The van der Waals surface area contributed by atoms with Gasteiger partial charge in [0.05, 0.1) is 6.26 Å². The predicted octanol–water partition coefficient (Wildman–Crippen LogP) is 3.65. The molecular formula is C24H25FN2O4S. The molecule has 0 aromatic heterocycles. The Labute approximate surface area is 187 Å². The van der Waals surface area contributed by atoms with Crippen LogP contribution in [0.1, 0.15) is 22.7 Å². The first kappa shape index (κ1) is 23.4. The van der Waals surface area contributed by atoms with E-state index >= 15 is 0 Å². The molecular weight excluding hydrogens is 431 g/mol. The summed E-state index contributed by atoms with van der Waals surface area (Å²) in [6, 6.07) is 21.1. The van der Waals surface area contributed by atoms with Crippen LogP contribution in [-0.4, -0.2) is 31.9 Å². The maximum Gasteiger partial charge on any atom is 0.243 e. The summed E-state index contributed by atoms with van der Waals surface area (Å²) in [7, 11) is -2.19. The van der Waals surface area contributed by atoms with E-state index in [2.05, 4.69) is 5.32 Å². The highest BCUT2D eigenvalue weighted by Gasteiger charge is 2.30. The molecule has 3 rings (SSSR count). The number of amides is 1. The Bertz CT molecular complexity index is 1130. The fraction of sp³-hybridized carbons (Fsp3) is 0.208. The molecule has 8 heteroatoms. The van der Waals surface area contributed by atoms with E-state index in [1.807, 2.05) is 12.1 Å². The first-order chi connectivity index (χ1) is 15.2. The lowest BCUT2D eigenvalue weighted by molar-refractivity contribution is -0.124. The Morgan fingerprint density at radius 2 is 1.56 bits per heavy atom. The van der Waals surface area contributed by atoms with Gasteiger partial charge in [0.2, 0.25) is 15.9 Å². The van der Waals surface area contributed by atoms with Gasteiger partial charge in [0, 0.05) is 13.6 Å². The van der Waals surface area contributed by atoms with Gasteiger partial charge in [-0.2, -0.15) is 4.31 Å². The molecule has 0 aliphatic rings. The zero-order chi connectivity index (χ0) is 23.1. The van der Waals surface area contributed by atoms with E-state index in [1.54, 1.807) is 54.6 Å². The summed E-state index contributed by atoms with van der Waals surface area (Å²) in [6.07, 6.45) is 1.07. The van der Waals surface area contributed by atoms with Crippen LogP contribution in [0.3, 0.4) is 0 Å². The molecule has 3 aromatic carbocycles. The topological polar surface area (TPSA) is 75.7 Å². The van der Waals surface area contributed by atoms with Gasteiger partial charge in [-0.05, 0) is 41.0 Å². The highest BCUT2D eigenvalue weighted by molar-refractivity contribution is 7.88. The van der Waals surface area contributed by atoms with Crippen molar-refractivity contribution in [2.45, 2.75) is 19.2 Å². The Kier molecular flexibility index (Phi) is 7.61. The second kappa shape index (κ2) is 10.4. The molecule has 32 heavy (non-hydrogen) atoms. The summed E-state index contributed by atoms with van der Waals surface area (Å²) >= 11 is 0. The van der Waals surface area contributed by atoms with Crippen molar-refractivity contribution in [3.8, 4) is 5.75 Å². The highest BCUT2D eigenvalue weighted by Crippen LogP contribution is 2.22. The summed E-state index contributed by atoms with van der Waals surface area (Å²) < 4.78 is 43.8. The molecule has 168 valence electrons. The van der Waals surface area contributed by atoms with Crippen molar-refractivity contribution in [1.29, 1.82) is 0 Å². The number of ether oxygens (including phenoxy) is 1. The van der Waals surface area contributed by atoms with Crippen molar-refractivity contribution in [3.63, 3.8) is 0 Å². The smallest absolute Gasteiger partial charge is 0.243 e. The van der Waals surface area contributed by atoms with Gasteiger partial charge >= 0.3 is 0 Å². The molecule has 6 nitrogen and oxygen atoms in total. The number of nitrogens with zero attached hydrogens (tertiary/aromatic N) is 1. The second-order valence-electron chi connectivity index (χ2n) is 7.37. The summed E-state index contributed by atoms with van der Waals surface area (Å²) in [5.41, 5.74) is 2.27. The quantitative estimate of drug-likeness (QED) is 0.533. The fourth-order valence-electron chi connectivity index (χ4n) is 3.09. The van der Waals surface area contributed by atoms with Crippen LogP contribution in [0.4, 0.5) is 4.39 Å². The minimum absolute atomic E-state index is 0.234. The van der Waals surface area contributed by atoms with Crippen LogP contribution in [0.15, 0.2) is 78.9 Å². The minimum atomic E-state index is -3.58. The number of hydrogen-bond acceptors (Lipinski definition) is 4. The lowest BCUT2D eigenvalue weighted by atomic mass is 10.1. The minimum Gasteiger partial charge on any atom is -0.489 e. The number of benzene rings is 3. The van der Waals surface area contributed by atoms with Gasteiger partial charge in [-0.15, -0.1) is 0 Å². The van der Waals surface area contributed by atoms with Crippen LogP contribution < -0.4 is 10.1 Å². The Morgan fingerprint density at radius 1 is 0.969 bits per heavy atom. The van der Waals surface area contributed by atoms with Crippen LogP contribution in [0.5, 0.6) is 5.75 Å². The number of halogens is 1. The van der Waals surface area contributed by atoms with Crippen LogP contribution >= 0.6 is 0 Å². The molecule has 0 aliphatic carbocycles. The summed E-state index contributed by atoms with van der Waals surface area (Å²) in [6.45, 7) is 0.547. The van der Waals surface area contributed by atoms with E-state index in [1.165, 1.54) is 19.2 Å². The largest absolute Gasteiger partial charge is 0.489 e. The number of likely N-dealkylation sites (N-methyl/N-ethyl adjacent to an activating group) is 1.